The van der Waals surface area contributed by atoms with Gasteiger partial charge in [0.2, 0.25) is 0 Å². The van der Waals surface area contributed by atoms with Gasteiger partial charge in [0.05, 0.1) is 5.69 Å². The van der Waals surface area contributed by atoms with Crippen molar-refractivity contribution in [3.8, 4) is 0 Å². The molecular formula is C23H21ClN4O2S. The minimum absolute atomic E-state index is 0.245. The molecular weight excluding hydrogens is 432 g/mol. The Bertz CT molecular complexity index is 1150. The first kappa shape index (κ1) is 21.2. The van der Waals surface area contributed by atoms with Gasteiger partial charge in [-0.25, -0.2) is 9.78 Å². The molecule has 1 aliphatic heterocycles. The van der Waals surface area contributed by atoms with Gasteiger partial charge >= 0.3 is 6.03 Å². The summed E-state index contributed by atoms with van der Waals surface area (Å²) in [5.74, 6) is 0.508. The van der Waals surface area contributed by atoms with E-state index in [4.69, 9.17) is 11.6 Å². The highest BCUT2D eigenvalue weighted by molar-refractivity contribution is 7.99. The number of urea groups is 1. The molecule has 2 aromatic carbocycles. The fourth-order valence-electron chi connectivity index (χ4n) is 3.44. The van der Waals surface area contributed by atoms with Crippen LogP contribution in [0.2, 0.25) is 5.02 Å². The molecule has 0 saturated carbocycles. The summed E-state index contributed by atoms with van der Waals surface area (Å²) in [4.78, 5) is 31.9. The van der Waals surface area contributed by atoms with E-state index < -0.39 is 0 Å². The summed E-state index contributed by atoms with van der Waals surface area (Å²) in [6.07, 6.45) is 0. The van der Waals surface area contributed by atoms with Crippen LogP contribution < -0.4 is 15.5 Å². The summed E-state index contributed by atoms with van der Waals surface area (Å²) in [6.45, 7) is 4.53. The standard InChI is InChI=1S/C23H21ClN4O2S/c1-14-12-15(2)25-22-20(14)28(10-11-31-22)23(30)27-19-5-3-4-16(13-19)21(29)26-18-8-6-17(24)7-9-18/h3-9,12-13H,10-11H2,1-2H3,(H,26,29)(H,27,30). The Morgan fingerprint density at radius 2 is 1.81 bits per heavy atom. The largest absolute Gasteiger partial charge is 0.326 e. The molecule has 1 aromatic heterocycles. The summed E-state index contributed by atoms with van der Waals surface area (Å²) >= 11 is 7.54. The van der Waals surface area contributed by atoms with Crippen LogP contribution in [0, 0.1) is 13.8 Å². The summed E-state index contributed by atoms with van der Waals surface area (Å²) in [5.41, 5.74) is 4.42. The lowest BCUT2D eigenvalue weighted by molar-refractivity contribution is 0.102. The second kappa shape index (κ2) is 8.99. The van der Waals surface area contributed by atoms with E-state index in [1.807, 2.05) is 19.9 Å². The monoisotopic (exact) mass is 452 g/mol. The zero-order chi connectivity index (χ0) is 22.0. The highest BCUT2D eigenvalue weighted by Crippen LogP contribution is 2.36. The van der Waals surface area contributed by atoms with Gasteiger partial charge in [-0.15, -0.1) is 11.8 Å². The van der Waals surface area contributed by atoms with E-state index in [1.54, 1.807) is 65.2 Å². The summed E-state index contributed by atoms with van der Waals surface area (Å²) in [5, 5.41) is 7.21. The molecule has 0 fully saturated rings. The lowest BCUT2D eigenvalue weighted by Crippen LogP contribution is -2.39. The molecule has 31 heavy (non-hydrogen) atoms. The maximum absolute atomic E-state index is 13.0. The third-order valence-corrected chi connectivity index (χ3v) is 6.02. The first-order valence-electron chi connectivity index (χ1n) is 9.77. The minimum atomic E-state index is -0.270. The fraction of sp³-hybridized carbons (Fsp3) is 0.174. The first-order chi connectivity index (χ1) is 14.9. The van der Waals surface area contributed by atoms with Crippen molar-refractivity contribution in [3.05, 3.63) is 76.4 Å². The zero-order valence-electron chi connectivity index (χ0n) is 17.1. The number of aromatic nitrogens is 1. The molecule has 0 spiro atoms. The normalized spacial score (nSPS) is 12.8. The molecule has 0 bridgehead atoms. The van der Waals surface area contributed by atoms with Crippen LogP contribution in [0.15, 0.2) is 59.6 Å². The van der Waals surface area contributed by atoms with Crippen molar-refractivity contribution < 1.29 is 9.59 Å². The van der Waals surface area contributed by atoms with Crippen molar-refractivity contribution in [2.24, 2.45) is 0 Å². The van der Waals surface area contributed by atoms with Crippen molar-refractivity contribution in [3.63, 3.8) is 0 Å². The molecule has 8 heteroatoms. The van der Waals surface area contributed by atoms with Crippen LogP contribution in [-0.2, 0) is 0 Å². The van der Waals surface area contributed by atoms with Gasteiger partial charge in [-0.3, -0.25) is 9.69 Å². The fourth-order valence-corrected chi connectivity index (χ4v) is 4.65. The second-order valence-corrected chi connectivity index (χ2v) is 8.73. The molecule has 4 rings (SSSR count). The molecule has 0 saturated heterocycles. The maximum atomic E-state index is 13.0. The molecule has 3 amide bonds. The number of carbonyl (C=O) groups is 2. The van der Waals surface area contributed by atoms with Crippen LogP contribution in [0.5, 0.6) is 0 Å². The van der Waals surface area contributed by atoms with Crippen LogP contribution >= 0.6 is 23.4 Å². The molecule has 158 valence electrons. The Labute approximate surface area is 190 Å². The molecule has 0 atom stereocenters. The number of anilines is 3. The van der Waals surface area contributed by atoms with E-state index in [2.05, 4.69) is 15.6 Å². The number of fused-ring (bicyclic) bond motifs is 1. The Hall–Kier alpha value is -3.03. The lowest BCUT2D eigenvalue weighted by Gasteiger charge is -2.30. The van der Waals surface area contributed by atoms with Crippen molar-refractivity contribution in [2.45, 2.75) is 18.9 Å². The maximum Gasteiger partial charge on any atom is 0.326 e. The smallest absolute Gasteiger partial charge is 0.322 e. The number of benzene rings is 2. The summed E-state index contributed by atoms with van der Waals surface area (Å²) in [6, 6.07) is 15.5. The van der Waals surface area contributed by atoms with Gasteiger partial charge in [-0.1, -0.05) is 17.7 Å². The zero-order valence-corrected chi connectivity index (χ0v) is 18.7. The SMILES string of the molecule is Cc1cc(C)c2c(n1)SCCN2C(=O)Nc1cccc(C(=O)Nc2ccc(Cl)cc2)c1. The van der Waals surface area contributed by atoms with Gasteiger partial charge in [0.25, 0.3) is 5.91 Å². The minimum Gasteiger partial charge on any atom is -0.322 e. The van der Waals surface area contributed by atoms with Gasteiger partial charge in [-0.2, -0.15) is 0 Å². The van der Waals surface area contributed by atoms with Crippen LogP contribution in [0.25, 0.3) is 0 Å². The second-order valence-electron chi connectivity index (χ2n) is 7.21. The Balaban J connectivity index is 1.50. The Kier molecular flexibility index (Phi) is 6.15. The molecule has 3 aromatic rings. The molecule has 2 N–H and O–H groups in total. The summed E-state index contributed by atoms with van der Waals surface area (Å²) < 4.78 is 0. The molecule has 6 nitrogen and oxygen atoms in total. The predicted octanol–water partition coefficient (Wildman–Crippen LogP) is 5.75. The third kappa shape index (κ3) is 4.84. The number of pyridine rings is 1. The van der Waals surface area contributed by atoms with Crippen molar-refractivity contribution in [2.75, 3.05) is 27.8 Å². The number of thioether (sulfide) groups is 1. The number of hydrogen-bond acceptors (Lipinski definition) is 4. The van der Waals surface area contributed by atoms with Crippen molar-refractivity contribution >= 4 is 52.4 Å². The van der Waals surface area contributed by atoms with Gasteiger partial charge in [0.15, 0.2) is 0 Å². The van der Waals surface area contributed by atoms with Crippen molar-refractivity contribution in [1.29, 1.82) is 0 Å². The van der Waals surface area contributed by atoms with Crippen molar-refractivity contribution in [1.82, 2.24) is 4.98 Å². The van der Waals surface area contributed by atoms with E-state index in [9.17, 15) is 9.59 Å². The number of aryl methyl sites for hydroxylation is 2. The van der Waals surface area contributed by atoms with E-state index >= 15 is 0 Å². The Morgan fingerprint density at radius 3 is 2.58 bits per heavy atom. The topological polar surface area (TPSA) is 74.3 Å². The number of halogens is 1. The first-order valence-corrected chi connectivity index (χ1v) is 11.1. The van der Waals surface area contributed by atoms with Crippen LogP contribution in [-0.4, -0.2) is 29.2 Å². The molecule has 1 aliphatic rings. The number of nitrogens with zero attached hydrogens (tertiary/aromatic N) is 2. The van der Waals surface area contributed by atoms with E-state index in [1.165, 1.54) is 0 Å². The van der Waals surface area contributed by atoms with Crippen LogP contribution in [0.3, 0.4) is 0 Å². The molecule has 2 heterocycles. The molecule has 0 radical (unpaired) electrons. The summed E-state index contributed by atoms with van der Waals surface area (Å²) in [7, 11) is 0. The quantitative estimate of drug-likeness (QED) is 0.530. The predicted molar refractivity (Wildman–Crippen MR) is 127 cm³/mol. The van der Waals surface area contributed by atoms with Gasteiger partial charge in [0, 0.05) is 40.0 Å². The number of nitrogens with one attached hydrogen (secondary N) is 2. The van der Waals surface area contributed by atoms with E-state index in [-0.39, 0.29) is 11.9 Å². The average Bonchev–Trinajstić information content (AvgIpc) is 2.75. The van der Waals surface area contributed by atoms with Crippen LogP contribution in [0.4, 0.5) is 21.9 Å². The number of rotatable bonds is 3. The number of amides is 3. The van der Waals surface area contributed by atoms with Gasteiger partial charge < -0.3 is 10.6 Å². The Morgan fingerprint density at radius 1 is 1.03 bits per heavy atom. The van der Waals surface area contributed by atoms with E-state index in [0.717, 1.165) is 27.7 Å². The lowest BCUT2D eigenvalue weighted by atomic mass is 10.1. The average molecular weight is 453 g/mol. The van der Waals surface area contributed by atoms with Crippen LogP contribution in [0.1, 0.15) is 21.6 Å². The molecule has 0 unspecified atom stereocenters. The van der Waals surface area contributed by atoms with Gasteiger partial charge in [-0.05, 0) is 67.9 Å². The highest BCUT2D eigenvalue weighted by atomic mass is 35.5. The number of hydrogen-bond donors (Lipinski definition) is 2. The highest BCUT2D eigenvalue weighted by Gasteiger charge is 2.26. The third-order valence-electron chi connectivity index (χ3n) is 4.83. The van der Waals surface area contributed by atoms with Gasteiger partial charge in [0.1, 0.15) is 5.03 Å². The number of carbonyl (C=O) groups excluding carboxylic acids is 2. The van der Waals surface area contributed by atoms with E-state index in [0.29, 0.717) is 28.5 Å². The molecule has 0 aliphatic carbocycles.